The van der Waals surface area contributed by atoms with Crippen molar-refractivity contribution in [3.05, 3.63) is 89.7 Å². The van der Waals surface area contributed by atoms with Crippen LogP contribution in [0.25, 0.3) is 10.6 Å². The highest BCUT2D eigenvalue weighted by Gasteiger charge is 2.33. The molecule has 0 saturated heterocycles. The van der Waals surface area contributed by atoms with Crippen LogP contribution in [0.4, 0.5) is 10.6 Å². The van der Waals surface area contributed by atoms with Gasteiger partial charge < -0.3 is 9.84 Å². The minimum atomic E-state index is -4.13. The van der Waals surface area contributed by atoms with Gasteiger partial charge in [0.2, 0.25) is 9.84 Å². The van der Waals surface area contributed by atoms with Crippen molar-refractivity contribution in [2.24, 2.45) is 0 Å². The average molecular weight is 596 g/mol. The molecule has 0 spiro atoms. The summed E-state index contributed by atoms with van der Waals surface area (Å²) in [6.07, 6.45) is 2.17. The average Bonchev–Trinajstić information content (AvgIpc) is 3.47. The van der Waals surface area contributed by atoms with E-state index in [1.165, 1.54) is 41.8 Å². The van der Waals surface area contributed by atoms with Crippen LogP contribution >= 0.6 is 11.3 Å². The number of amides is 1. The molecular weight excluding hydrogens is 566 g/mol. The van der Waals surface area contributed by atoms with Crippen molar-refractivity contribution in [2.45, 2.75) is 43.3 Å². The molecular formula is C28H29N5O6S2. The third-order valence-electron chi connectivity index (χ3n) is 5.57. The second kappa shape index (κ2) is 12.5. The summed E-state index contributed by atoms with van der Waals surface area (Å²) >= 11 is 1.52. The number of carboxylic acid groups (broad SMARTS) is 1. The van der Waals surface area contributed by atoms with Crippen molar-refractivity contribution in [1.82, 2.24) is 20.3 Å². The highest BCUT2D eigenvalue weighted by Crippen LogP contribution is 2.28. The van der Waals surface area contributed by atoms with Gasteiger partial charge in [0.15, 0.2) is 10.4 Å². The maximum Gasteiger partial charge on any atom is 0.416 e. The summed E-state index contributed by atoms with van der Waals surface area (Å²) in [7, 11) is -4.13. The fraction of sp³-hybridized carbons (Fsp3) is 0.250. The van der Waals surface area contributed by atoms with Gasteiger partial charge in [-0.2, -0.15) is 0 Å². The van der Waals surface area contributed by atoms with Crippen LogP contribution in [0.15, 0.2) is 83.5 Å². The number of rotatable bonds is 10. The molecule has 214 valence electrons. The normalized spacial score (nSPS) is 12.5. The SMILES string of the molecule is CC(C)(C)OC(=O)N(CC(=O)O)c1cccc(C(NCc2ccc(-c3nccs3)cc2)S(=O)(=O)c2ccccn2)n1. The molecule has 1 unspecified atom stereocenters. The fourth-order valence-electron chi connectivity index (χ4n) is 3.78. The zero-order valence-electron chi connectivity index (χ0n) is 22.6. The summed E-state index contributed by atoms with van der Waals surface area (Å²) in [5.41, 5.74) is 0.902. The van der Waals surface area contributed by atoms with E-state index in [1.807, 2.05) is 29.6 Å². The summed E-state index contributed by atoms with van der Waals surface area (Å²) in [6.45, 7) is 4.37. The van der Waals surface area contributed by atoms with E-state index in [1.54, 1.807) is 39.1 Å². The van der Waals surface area contributed by atoms with Crippen molar-refractivity contribution in [3.63, 3.8) is 0 Å². The molecule has 41 heavy (non-hydrogen) atoms. The van der Waals surface area contributed by atoms with Gasteiger partial charge in [-0.1, -0.05) is 36.4 Å². The maximum atomic E-state index is 13.8. The van der Waals surface area contributed by atoms with Crippen LogP contribution in [0.5, 0.6) is 0 Å². The molecule has 0 bridgehead atoms. The Morgan fingerprint density at radius 1 is 1.02 bits per heavy atom. The second-order valence-corrected chi connectivity index (χ2v) is 12.8. The molecule has 0 saturated carbocycles. The fourth-order valence-corrected chi connectivity index (χ4v) is 5.89. The Kier molecular flexibility index (Phi) is 9.11. The lowest BCUT2D eigenvalue weighted by molar-refractivity contribution is -0.135. The van der Waals surface area contributed by atoms with E-state index in [4.69, 9.17) is 4.74 Å². The number of nitrogens with one attached hydrogen (secondary N) is 1. The molecule has 13 heteroatoms. The van der Waals surface area contributed by atoms with Gasteiger partial charge in [0.05, 0.1) is 5.69 Å². The number of sulfone groups is 1. The number of ether oxygens (including phenoxy) is 1. The van der Waals surface area contributed by atoms with Gasteiger partial charge in [0, 0.05) is 29.9 Å². The van der Waals surface area contributed by atoms with E-state index in [-0.39, 0.29) is 23.1 Å². The van der Waals surface area contributed by atoms with Crippen molar-refractivity contribution in [3.8, 4) is 10.6 Å². The van der Waals surface area contributed by atoms with Crippen LogP contribution in [0.3, 0.4) is 0 Å². The van der Waals surface area contributed by atoms with Crippen LogP contribution in [-0.4, -0.2) is 52.7 Å². The molecule has 0 aliphatic rings. The minimum Gasteiger partial charge on any atom is -0.480 e. The topological polar surface area (TPSA) is 152 Å². The molecule has 0 aliphatic heterocycles. The predicted molar refractivity (Wildman–Crippen MR) is 154 cm³/mol. The maximum absolute atomic E-state index is 13.8. The summed E-state index contributed by atoms with van der Waals surface area (Å²) in [6, 6.07) is 16.5. The summed E-state index contributed by atoms with van der Waals surface area (Å²) in [5.74, 6) is -1.37. The Labute approximate surface area is 241 Å². The zero-order chi connectivity index (χ0) is 29.6. The Morgan fingerprint density at radius 3 is 2.39 bits per heavy atom. The third kappa shape index (κ3) is 7.72. The first-order chi connectivity index (χ1) is 19.4. The highest BCUT2D eigenvalue weighted by molar-refractivity contribution is 7.91. The van der Waals surface area contributed by atoms with Gasteiger partial charge in [-0.3, -0.25) is 15.0 Å². The Morgan fingerprint density at radius 2 is 1.78 bits per heavy atom. The molecule has 3 aromatic heterocycles. The van der Waals surface area contributed by atoms with Crippen molar-refractivity contribution >= 4 is 39.1 Å². The van der Waals surface area contributed by atoms with Gasteiger partial charge in [-0.05, 0) is 50.6 Å². The van der Waals surface area contributed by atoms with Gasteiger partial charge in [0.25, 0.3) is 0 Å². The monoisotopic (exact) mass is 595 g/mol. The first-order valence-corrected chi connectivity index (χ1v) is 14.9. The van der Waals surface area contributed by atoms with E-state index in [9.17, 15) is 23.1 Å². The molecule has 2 N–H and O–H groups in total. The molecule has 4 aromatic rings. The smallest absolute Gasteiger partial charge is 0.416 e. The summed E-state index contributed by atoms with van der Waals surface area (Å²) in [5, 5.41) is 13.7. The van der Waals surface area contributed by atoms with Crippen LogP contribution in [0.1, 0.15) is 37.4 Å². The molecule has 1 amide bonds. The molecule has 11 nitrogen and oxygen atoms in total. The first-order valence-electron chi connectivity index (χ1n) is 12.5. The Bertz CT molecular complexity index is 1590. The van der Waals surface area contributed by atoms with E-state index in [2.05, 4.69) is 20.3 Å². The lowest BCUT2D eigenvalue weighted by Crippen LogP contribution is -2.40. The van der Waals surface area contributed by atoms with E-state index < -0.39 is 39.4 Å². The Hall–Kier alpha value is -4.20. The minimum absolute atomic E-state index is 0.0477. The number of carboxylic acids is 1. The molecule has 3 heterocycles. The summed E-state index contributed by atoms with van der Waals surface area (Å²) in [4.78, 5) is 38.0. The van der Waals surface area contributed by atoms with E-state index in [0.717, 1.165) is 21.0 Å². The number of nitrogens with zero attached hydrogens (tertiary/aromatic N) is 4. The zero-order valence-corrected chi connectivity index (χ0v) is 24.2. The number of thiazole rings is 1. The number of hydrogen-bond donors (Lipinski definition) is 2. The number of hydrogen-bond acceptors (Lipinski definition) is 10. The lowest BCUT2D eigenvalue weighted by atomic mass is 10.1. The highest BCUT2D eigenvalue weighted by atomic mass is 32.2. The number of anilines is 1. The standard InChI is InChI=1S/C28H29N5O6S2/c1-28(2,3)39-27(36)33(18-24(34)35)22-8-6-7-21(32-22)26(41(37,38)23-9-4-5-14-29-23)31-17-19-10-12-20(13-11-19)25-30-15-16-40-25/h4-16,26,31H,17-18H2,1-3H3,(H,34,35). The van der Waals surface area contributed by atoms with Crippen molar-refractivity contribution in [1.29, 1.82) is 0 Å². The second-order valence-electron chi connectivity index (χ2n) is 9.89. The van der Waals surface area contributed by atoms with Gasteiger partial charge in [-0.15, -0.1) is 11.3 Å². The van der Waals surface area contributed by atoms with Gasteiger partial charge in [0.1, 0.15) is 23.0 Å². The molecule has 1 aromatic carbocycles. The number of aliphatic carboxylic acids is 1. The molecule has 0 aliphatic carbocycles. The third-order valence-corrected chi connectivity index (χ3v) is 8.25. The molecule has 1 atom stereocenters. The van der Waals surface area contributed by atoms with Gasteiger partial charge >= 0.3 is 12.1 Å². The first kappa shape index (κ1) is 29.8. The van der Waals surface area contributed by atoms with Crippen LogP contribution in [-0.2, 0) is 25.9 Å². The van der Waals surface area contributed by atoms with Crippen molar-refractivity contribution < 1.29 is 27.9 Å². The number of carbonyl (C=O) groups is 2. The largest absolute Gasteiger partial charge is 0.480 e. The van der Waals surface area contributed by atoms with Crippen molar-refractivity contribution in [2.75, 3.05) is 11.4 Å². The van der Waals surface area contributed by atoms with Crippen LogP contribution in [0, 0.1) is 0 Å². The quantitative estimate of drug-likeness (QED) is 0.264. The van der Waals surface area contributed by atoms with E-state index >= 15 is 0 Å². The molecule has 0 radical (unpaired) electrons. The number of carbonyl (C=O) groups excluding carboxylic acids is 1. The number of aromatic nitrogens is 3. The summed E-state index contributed by atoms with van der Waals surface area (Å²) < 4.78 is 32.9. The lowest BCUT2D eigenvalue weighted by Gasteiger charge is -2.26. The number of pyridine rings is 2. The molecule has 0 fully saturated rings. The Balaban J connectivity index is 1.68. The molecule has 4 rings (SSSR count). The number of benzene rings is 1. The van der Waals surface area contributed by atoms with Crippen LogP contribution in [0.2, 0.25) is 0 Å². The van der Waals surface area contributed by atoms with Crippen LogP contribution < -0.4 is 10.2 Å². The van der Waals surface area contributed by atoms with Gasteiger partial charge in [-0.25, -0.2) is 28.2 Å². The van der Waals surface area contributed by atoms with E-state index in [0.29, 0.717) is 0 Å². The predicted octanol–water partition coefficient (Wildman–Crippen LogP) is 4.69.